The molecule has 0 aliphatic heterocycles. The van der Waals surface area contributed by atoms with E-state index in [2.05, 4.69) is 4.74 Å². The Morgan fingerprint density at radius 2 is 2.00 bits per heavy atom. The number of rotatable bonds is 1. The lowest BCUT2D eigenvalue weighted by atomic mass is 10.4. The maximum atomic E-state index is 11.9. The van der Waals surface area contributed by atoms with Crippen molar-refractivity contribution in [3.8, 4) is 0 Å². The molecule has 0 saturated heterocycles. The van der Waals surface area contributed by atoms with Crippen LogP contribution in [0.25, 0.3) is 0 Å². The molecule has 0 spiro atoms. The van der Waals surface area contributed by atoms with Gasteiger partial charge in [-0.2, -0.15) is 0 Å². The Bertz CT molecular complexity index is 230. The minimum absolute atomic E-state index is 0.178. The van der Waals surface area contributed by atoms with E-state index in [9.17, 15) is 9.18 Å². The number of aliphatic hydroxyl groups excluding tert-OH is 1. The number of carbonyl (C=O) groups is 1. The van der Waals surface area contributed by atoms with Crippen LogP contribution in [0.2, 0.25) is 0 Å². The molecule has 0 saturated carbocycles. The van der Waals surface area contributed by atoms with Gasteiger partial charge in [-0.3, -0.25) is 0 Å². The maximum Gasteiger partial charge on any atom is 0.331 e. The van der Waals surface area contributed by atoms with E-state index in [1.54, 1.807) is 18.2 Å². The van der Waals surface area contributed by atoms with E-state index in [0.717, 1.165) is 0 Å². The number of aliphatic hydroxyl groups is 1. The lowest BCUT2D eigenvalue weighted by Gasteiger charge is -1.86. The predicted octanol–water partition coefficient (Wildman–Crippen LogP) is 0.977. The van der Waals surface area contributed by atoms with Gasteiger partial charge in [0, 0.05) is 0 Å². The van der Waals surface area contributed by atoms with Crippen LogP contribution in [0.4, 0.5) is 4.39 Å². The summed E-state index contributed by atoms with van der Waals surface area (Å²) in [7, 11) is 1.22. The fourth-order valence-corrected chi connectivity index (χ4v) is 0.479. The van der Waals surface area contributed by atoms with Gasteiger partial charge in [0.25, 0.3) is 0 Å². The number of benzene rings is 1. The molecule has 0 unspecified atom stereocenters. The minimum atomic E-state index is -0.602. The van der Waals surface area contributed by atoms with Crippen LogP contribution >= 0.6 is 0 Å². The van der Waals surface area contributed by atoms with Gasteiger partial charge in [-0.15, -0.1) is 0 Å². The van der Waals surface area contributed by atoms with Crippen LogP contribution in [0.5, 0.6) is 0 Å². The Morgan fingerprint density at radius 3 is 2.15 bits per heavy atom. The van der Waals surface area contributed by atoms with Crippen molar-refractivity contribution in [3.63, 3.8) is 0 Å². The van der Waals surface area contributed by atoms with Gasteiger partial charge in [0.05, 0.1) is 7.11 Å². The molecule has 3 nitrogen and oxygen atoms in total. The summed E-state index contributed by atoms with van der Waals surface area (Å²) in [5.41, 5.74) is 0. The highest BCUT2D eigenvalue weighted by molar-refractivity contribution is 5.70. The highest BCUT2D eigenvalue weighted by Gasteiger charge is 1.89. The fraction of sp³-hybridized carbons (Fsp3) is 0.222. The summed E-state index contributed by atoms with van der Waals surface area (Å²) in [5, 5.41) is 7.86. The zero-order valence-electron chi connectivity index (χ0n) is 7.24. The van der Waals surface area contributed by atoms with Gasteiger partial charge in [0.1, 0.15) is 12.4 Å². The van der Waals surface area contributed by atoms with Crippen molar-refractivity contribution in [2.45, 2.75) is 0 Å². The van der Waals surface area contributed by atoms with Gasteiger partial charge in [-0.05, 0) is 12.1 Å². The first-order valence-corrected chi connectivity index (χ1v) is 3.59. The molecule has 1 aromatic rings. The molecular formula is C9H11FO3. The summed E-state index contributed by atoms with van der Waals surface area (Å²) in [5.74, 6) is -0.780. The molecule has 0 aromatic heterocycles. The number of carbonyl (C=O) groups excluding carboxylic acids is 1. The van der Waals surface area contributed by atoms with Crippen LogP contribution in [-0.4, -0.2) is 24.8 Å². The smallest absolute Gasteiger partial charge is 0.331 e. The number of hydrogen-bond donors (Lipinski definition) is 1. The molecule has 0 atom stereocenters. The Hall–Kier alpha value is -1.42. The summed E-state index contributed by atoms with van der Waals surface area (Å²) in [6, 6.07) is 7.94. The first-order chi connectivity index (χ1) is 6.20. The molecule has 0 amide bonds. The van der Waals surface area contributed by atoms with Gasteiger partial charge >= 0.3 is 5.97 Å². The van der Waals surface area contributed by atoms with E-state index in [4.69, 9.17) is 5.11 Å². The quantitative estimate of drug-likeness (QED) is 0.665. The molecule has 0 aliphatic rings. The zero-order valence-corrected chi connectivity index (χ0v) is 7.24. The Morgan fingerprint density at radius 1 is 1.46 bits per heavy atom. The number of ether oxygens (including phenoxy) is 1. The molecule has 1 aromatic carbocycles. The molecule has 0 bridgehead atoms. The number of hydrogen-bond acceptors (Lipinski definition) is 3. The van der Waals surface area contributed by atoms with E-state index < -0.39 is 12.6 Å². The summed E-state index contributed by atoms with van der Waals surface area (Å²) in [4.78, 5) is 9.71. The Balaban J connectivity index is 0.000000226. The zero-order chi connectivity index (χ0) is 10.1. The molecular weight excluding hydrogens is 175 g/mol. The van der Waals surface area contributed by atoms with Gasteiger partial charge in [0.2, 0.25) is 0 Å². The first kappa shape index (κ1) is 11.6. The van der Waals surface area contributed by atoms with Crippen LogP contribution in [0, 0.1) is 5.82 Å². The van der Waals surface area contributed by atoms with E-state index >= 15 is 0 Å². The fourth-order valence-electron chi connectivity index (χ4n) is 0.479. The van der Waals surface area contributed by atoms with Crippen molar-refractivity contribution in [2.75, 3.05) is 13.7 Å². The molecule has 0 aliphatic carbocycles. The second-order valence-electron chi connectivity index (χ2n) is 2.03. The Kier molecular flexibility index (Phi) is 6.45. The Labute approximate surface area is 75.8 Å². The highest BCUT2D eigenvalue weighted by Crippen LogP contribution is 1.91. The summed E-state index contributed by atoms with van der Waals surface area (Å²) in [6.45, 7) is -0.531. The highest BCUT2D eigenvalue weighted by atomic mass is 19.1. The molecule has 0 fully saturated rings. The van der Waals surface area contributed by atoms with Crippen LogP contribution < -0.4 is 0 Å². The lowest BCUT2D eigenvalue weighted by Crippen LogP contribution is -2.04. The van der Waals surface area contributed by atoms with E-state index in [0.29, 0.717) is 0 Å². The van der Waals surface area contributed by atoms with Crippen molar-refractivity contribution in [3.05, 3.63) is 36.1 Å². The average Bonchev–Trinajstić information content (AvgIpc) is 2.19. The van der Waals surface area contributed by atoms with Gasteiger partial charge in [-0.25, -0.2) is 9.18 Å². The number of methoxy groups -OCH3 is 1. The van der Waals surface area contributed by atoms with E-state index in [-0.39, 0.29) is 5.82 Å². The molecule has 1 rings (SSSR count). The van der Waals surface area contributed by atoms with Crippen molar-refractivity contribution < 1.29 is 19.0 Å². The second kappa shape index (κ2) is 7.24. The maximum absolute atomic E-state index is 11.9. The predicted molar refractivity (Wildman–Crippen MR) is 45.5 cm³/mol. The van der Waals surface area contributed by atoms with Gasteiger partial charge in [0.15, 0.2) is 0 Å². The normalized spacial score (nSPS) is 8.23. The van der Waals surface area contributed by atoms with Gasteiger partial charge < -0.3 is 9.84 Å². The van der Waals surface area contributed by atoms with Crippen molar-refractivity contribution >= 4 is 5.97 Å². The molecule has 72 valence electrons. The third kappa shape index (κ3) is 6.96. The first-order valence-electron chi connectivity index (χ1n) is 3.59. The number of halogens is 1. The van der Waals surface area contributed by atoms with Crippen molar-refractivity contribution in [1.82, 2.24) is 0 Å². The lowest BCUT2D eigenvalue weighted by molar-refractivity contribution is -0.143. The molecule has 13 heavy (non-hydrogen) atoms. The average molecular weight is 186 g/mol. The summed E-state index contributed by atoms with van der Waals surface area (Å²) < 4.78 is 15.9. The largest absolute Gasteiger partial charge is 0.467 e. The topological polar surface area (TPSA) is 46.5 Å². The summed E-state index contributed by atoms with van der Waals surface area (Å²) in [6.07, 6.45) is 0. The molecule has 4 heteroatoms. The molecule has 0 radical (unpaired) electrons. The third-order valence-electron chi connectivity index (χ3n) is 1.09. The van der Waals surface area contributed by atoms with Crippen molar-refractivity contribution in [2.24, 2.45) is 0 Å². The standard InChI is InChI=1S/C6H5F.C3H6O3/c7-6-4-2-1-3-5-6;1-6-3(5)2-4/h1-5H;4H,2H2,1H3. The third-order valence-corrected chi connectivity index (χ3v) is 1.09. The molecule has 1 N–H and O–H groups in total. The van der Waals surface area contributed by atoms with Crippen LogP contribution in [0.15, 0.2) is 30.3 Å². The van der Waals surface area contributed by atoms with Crippen LogP contribution in [0.1, 0.15) is 0 Å². The minimum Gasteiger partial charge on any atom is -0.467 e. The monoisotopic (exact) mass is 186 g/mol. The second-order valence-corrected chi connectivity index (χ2v) is 2.03. The molecule has 0 heterocycles. The SMILES string of the molecule is COC(=O)CO.Fc1ccccc1. The van der Waals surface area contributed by atoms with Crippen LogP contribution in [-0.2, 0) is 9.53 Å². The number of esters is 1. The van der Waals surface area contributed by atoms with E-state index in [1.165, 1.54) is 19.2 Å². The van der Waals surface area contributed by atoms with Gasteiger partial charge in [-0.1, -0.05) is 18.2 Å². The van der Waals surface area contributed by atoms with Crippen molar-refractivity contribution in [1.29, 1.82) is 0 Å². The van der Waals surface area contributed by atoms with E-state index in [1.807, 2.05) is 0 Å². The van der Waals surface area contributed by atoms with Crippen LogP contribution in [0.3, 0.4) is 0 Å². The summed E-state index contributed by atoms with van der Waals surface area (Å²) >= 11 is 0.